The number of nitrogens with zero attached hydrogens (tertiary/aromatic N) is 1. The fraction of sp³-hybridized carbons (Fsp3) is 0.444. The number of pyridine rings is 1. The van der Waals surface area contributed by atoms with Gasteiger partial charge < -0.3 is 5.73 Å². The summed E-state index contributed by atoms with van der Waals surface area (Å²) < 4.78 is 24.7. The van der Waals surface area contributed by atoms with Crippen LogP contribution in [0.1, 0.15) is 24.1 Å². The number of anilines is 1. The molecule has 0 bridgehead atoms. The van der Waals surface area contributed by atoms with E-state index in [1.54, 1.807) is 13.0 Å². The molecule has 1 rings (SSSR count). The Bertz CT molecular complexity index is 300. The highest BCUT2D eigenvalue weighted by Crippen LogP contribution is 2.26. The van der Waals surface area contributed by atoms with Crippen molar-refractivity contribution in [3.63, 3.8) is 0 Å². The molecule has 1 heterocycles. The minimum absolute atomic E-state index is 0.287. The van der Waals surface area contributed by atoms with Gasteiger partial charge in [-0.25, -0.2) is 8.78 Å². The van der Waals surface area contributed by atoms with Gasteiger partial charge in [0.25, 0.3) is 0 Å². The van der Waals surface area contributed by atoms with Gasteiger partial charge in [0.2, 0.25) is 6.43 Å². The number of alkyl halides is 2. The van der Waals surface area contributed by atoms with Gasteiger partial charge in [0.1, 0.15) is 0 Å². The van der Waals surface area contributed by atoms with Gasteiger partial charge in [-0.2, -0.15) is 0 Å². The number of nitrogen functional groups attached to an aromatic ring is 1. The molecule has 4 heteroatoms. The lowest BCUT2D eigenvalue weighted by Gasteiger charge is -2.13. The van der Waals surface area contributed by atoms with Crippen molar-refractivity contribution in [2.45, 2.75) is 26.2 Å². The van der Waals surface area contributed by atoms with Gasteiger partial charge in [0, 0.05) is 6.20 Å². The quantitative estimate of drug-likeness (QED) is 0.769. The molecule has 0 aliphatic heterocycles. The molecule has 0 radical (unpaired) electrons. The molecule has 72 valence electrons. The second-order valence-electron chi connectivity index (χ2n) is 3.05. The maximum atomic E-state index is 12.3. The van der Waals surface area contributed by atoms with Crippen LogP contribution in [0.5, 0.6) is 0 Å². The molecule has 0 aliphatic carbocycles. The molecule has 0 amide bonds. The Morgan fingerprint density at radius 1 is 1.46 bits per heavy atom. The van der Waals surface area contributed by atoms with Crippen molar-refractivity contribution in [2.24, 2.45) is 0 Å². The van der Waals surface area contributed by atoms with E-state index >= 15 is 0 Å². The van der Waals surface area contributed by atoms with E-state index in [1.165, 1.54) is 13.1 Å². The van der Waals surface area contributed by atoms with Crippen molar-refractivity contribution in [3.8, 4) is 0 Å². The number of halogens is 2. The number of aromatic nitrogens is 1. The van der Waals surface area contributed by atoms with Crippen molar-refractivity contribution >= 4 is 5.69 Å². The SMILES string of the molecule is Cc1ccnc(C(C)C(F)F)c1N. The number of nitrogens with two attached hydrogens (primary N) is 1. The van der Waals surface area contributed by atoms with Crippen LogP contribution in [0.25, 0.3) is 0 Å². The van der Waals surface area contributed by atoms with Gasteiger partial charge in [0.05, 0.1) is 17.3 Å². The summed E-state index contributed by atoms with van der Waals surface area (Å²) in [5, 5.41) is 0. The average molecular weight is 186 g/mol. The van der Waals surface area contributed by atoms with Crippen molar-refractivity contribution in [2.75, 3.05) is 5.73 Å². The highest BCUT2D eigenvalue weighted by atomic mass is 19.3. The van der Waals surface area contributed by atoms with Gasteiger partial charge in [-0.3, -0.25) is 4.98 Å². The minimum atomic E-state index is -2.42. The summed E-state index contributed by atoms with van der Waals surface area (Å²) in [6.07, 6.45) is -0.920. The Hall–Kier alpha value is -1.19. The van der Waals surface area contributed by atoms with Crippen LogP contribution >= 0.6 is 0 Å². The maximum absolute atomic E-state index is 12.3. The van der Waals surface area contributed by atoms with Crippen LogP contribution in [0.3, 0.4) is 0 Å². The van der Waals surface area contributed by atoms with E-state index in [4.69, 9.17) is 5.73 Å². The summed E-state index contributed by atoms with van der Waals surface area (Å²) in [7, 11) is 0. The third-order valence-corrected chi connectivity index (χ3v) is 2.05. The van der Waals surface area contributed by atoms with Gasteiger partial charge in [-0.1, -0.05) is 6.92 Å². The number of aryl methyl sites for hydroxylation is 1. The van der Waals surface area contributed by atoms with Crippen LogP contribution in [-0.2, 0) is 0 Å². The van der Waals surface area contributed by atoms with E-state index in [1.807, 2.05) is 0 Å². The normalized spacial score (nSPS) is 13.3. The van der Waals surface area contributed by atoms with Crippen LogP contribution in [0, 0.1) is 6.92 Å². The summed E-state index contributed by atoms with van der Waals surface area (Å²) in [6, 6.07) is 1.71. The third kappa shape index (κ3) is 1.94. The van der Waals surface area contributed by atoms with Crippen LogP contribution in [-0.4, -0.2) is 11.4 Å². The van der Waals surface area contributed by atoms with Gasteiger partial charge in [-0.05, 0) is 18.6 Å². The van der Waals surface area contributed by atoms with Crippen LogP contribution in [0.15, 0.2) is 12.3 Å². The largest absolute Gasteiger partial charge is 0.397 e. The standard InChI is InChI=1S/C9H12F2N2/c1-5-3-4-13-8(7(5)12)6(2)9(10)11/h3-4,6,9H,12H2,1-2H3. The Labute approximate surface area is 75.8 Å². The molecule has 1 atom stereocenters. The zero-order valence-corrected chi connectivity index (χ0v) is 7.59. The summed E-state index contributed by atoms with van der Waals surface area (Å²) >= 11 is 0. The van der Waals surface area contributed by atoms with Crippen LogP contribution in [0.4, 0.5) is 14.5 Å². The monoisotopic (exact) mass is 186 g/mol. The summed E-state index contributed by atoms with van der Waals surface area (Å²) in [5.74, 6) is -0.903. The fourth-order valence-corrected chi connectivity index (χ4v) is 1.07. The molecule has 0 spiro atoms. The molecule has 1 unspecified atom stereocenters. The van der Waals surface area contributed by atoms with E-state index in [0.717, 1.165) is 5.56 Å². The first-order valence-corrected chi connectivity index (χ1v) is 4.03. The zero-order valence-electron chi connectivity index (χ0n) is 7.59. The molecule has 1 aromatic heterocycles. The Balaban J connectivity index is 3.07. The van der Waals surface area contributed by atoms with E-state index in [0.29, 0.717) is 5.69 Å². The highest BCUT2D eigenvalue weighted by Gasteiger charge is 2.20. The number of hydrogen-bond acceptors (Lipinski definition) is 2. The van der Waals surface area contributed by atoms with Crippen molar-refractivity contribution < 1.29 is 8.78 Å². The molecular weight excluding hydrogens is 174 g/mol. The van der Waals surface area contributed by atoms with Crippen molar-refractivity contribution in [3.05, 3.63) is 23.5 Å². The third-order valence-electron chi connectivity index (χ3n) is 2.05. The molecule has 2 nitrogen and oxygen atoms in total. The first kappa shape index (κ1) is 9.89. The van der Waals surface area contributed by atoms with E-state index in [2.05, 4.69) is 4.98 Å². The maximum Gasteiger partial charge on any atom is 0.246 e. The lowest BCUT2D eigenvalue weighted by atomic mass is 10.0. The number of hydrogen-bond donors (Lipinski definition) is 1. The predicted molar refractivity (Wildman–Crippen MR) is 47.8 cm³/mol. The smallest absolute Gasteiger partial charge is 0.246 e. The molecule has 0 saturated carbocycles. The number of rotatable bonds is 2. The molecule has 1 aromatic rings. The van der Waals surface area contributed by atoms with E-state index < -0.39 is 12.3 Å². The molecule has 13 heavy (non-hydrogen) atoms. The Kier molecular flexibility index (Phi) is 2.80. The van der Waals surface area contributed by atoms with Crippen molar-refractivity contribution in [1.82, 2.24) is 4.98 Å². The Morgan fingerprint density at radius 3 is 2.62 bits per heavy atom. The second kappa shape index (κ2) is 3.68. The molecule has 2 N–H and O–H groups in total. The summed E-state index contributed by atoms with van der Waals surface area (Å²) in [4.78, 5) is 3.86. The van der Waals surface area contributed by atoms with Gasteiger partial charge in [-0.15, -0.1) is 0 Å². The minimum Gasteiger partial charge on any atom is -0.397 e. The average Bonchev–Trinajstić information content (AvgIpc) is 2.08. The predicted octanol–water partition coefficient (Wildman–Crippen LogP) is 2.34. The lowest BCUT2D eigenvalue weighted by Crippen LogP contribution is -2.10. The second-order valence-corrected chi connectivity index (χ2v) is 3.05. The first-order valence-electron chi connectivity index (χ1n) is 4.03. The summed E-state index contributed by atoms with van der Waals surface area (Å²) in [6.45, 7) is 3.20. The first-order chi connectivity index (χ1) is 6.04. The lowest BCUT2D eigenvalue weighted by molar-refractivity contribution is 0.120. The molecule has 0 saturated heterocycles. The molecule has 0 aromatic carbocycles. The fourth-order valence-electron chi connectivity index (χ4n) is 1.07. The molecule has 0 fully saturated rings. The van der Waals surface area contributed by atoms with Crippen molar-refractivity contribution in [1.29, 1.82) is 0 Å². The van der Waals surface area contributed by atoms with Crippen LogP contribution in [0.2, 0.25) is 0 Å². The highest BCUT2D eigenvalue weighted by molar-refractivity contribution is 5.50. The zero-order chi connectivity index (χ0) is 10.0. The molecular formula is C9H12F2N2. The summed E-state index contributed by atoms with van der Waals surface area (Å²) in [5.41, 5.74) is 7.07. The Morgan fingerprint density at radius 2 is 2.08 bits per heavy atom. The molecule has 0 aliphatic rings. The van der Waals surface area contributed by atoms with E-state index in [9.17, 15) is 8.78 Å². The van der Waals surface area contributed by atoms with Crippen LogP contribution < -0.4 is 5.73 Å². The topological polar surface area (TPSA) is 38.9 Å². The van der Waals surface area contributed by atoms with Gasteiger partial charge >= 0.3 is 0 Å². The van der Waals surface area contributed by atoms with E-state index in [-0.39, 0.29) is 5.69 Å². The van der Waals surface area contributed by atoms with Gasteiger partial charge in [0.15, 0.2) is 0 Å².